The van der Waals surface area contributed by atoms with Crippen molar-refractivity contribution >= 4 is 85.5 Å². The highest BCUT2D eigenvalue weighted by atomic mass is 35.5. The molecule has 1 atom stereocenters. The van der Waals surface area contributed by atoms with Crippen molar-refractivity contribution in [1.82, 2.24) is 10.2 Å². The molecule has 36 heavy (non-hydrogen) atoms. The molecule has 1 N–H and O–H groups in total. The van der Waals surface area contributed by atoms with Crippen LogP contribution in [0.4, 0.5) is 5.69 Å². The number of nitrogens with zero attached hydrogens (tertiary/aromatic N) is 2. The first-order valence-corrected chi connectivity index (χ1v) is 14.6. The molecule has 0 aromatic heterocycles. The van der Waals surface area contributed by atoms with Gasteiger partial charge in [0.15, 0.2) is 0 Å². The number of anilines is 1. The fraction of sp³-hybridized carbons (Fsp3) is 0.391. The summed E-state index contributed by atoms with van der Waals surface area (Å²) in [6, 6.07) is 6.38. The van der Waals surface area contributed by atoms with Crippen molar-refractivity contribution in [3.63, 3.8) is 0 Å². The van der Waals surface area contributed by atoms with Crippen molar-refractivity contribution in [3.05, 3.63) is 61.0 Å². The molecule has 0 bridgehead atoms. The maximum atomic E-state index is 13.6. The summed E-state index contributed by atoms with van der Waals surface area (Å²) in [4.78, 5) is 27.7. The summed E-state index contributed by atoms with van der Waals surface area (Å²) in [6.45, 7) is 3.28. The van der Waals surface area contributed by atoms with Crippen molar-refractivity contribution in [1.29, 1.82) is 0 Å². The summed E-state index contributed by atoms with van der Waals surface area (Å²) in [6.07, 6.45) is 2.58. The van der Waals surface area contributed by atoms with Crippen molar-refractivity contribution in [2.45, 2.75) is 39.3 Å². The number of hydrogen-bond donors (Lipinski definition) is 1. The van der Waals surface area contributed by atoms with Gasteiger partial charge in [0.2, 0.25) is 21.8 Å². The second kappa shape index (κ2) is 13.4. The molecular formula is C23H26Cl5N3O4S. The van der Waals surface area contributed by atoms with E-state index in [1.165, 1.54) is 23.1 Å². The standard InChI is InChI=1S/C23H26Cl5N3O4S/c1-4-5-8-29-23(33)14(2)30(12-15-6-7-16(24)9-17(15)25)22(32)13-31(36(3,34)35)21-11-19(27)18(26)10-20(21)28/h6-7,9-11,14H,4-5,8,12-13H2,1-3H3,(H,29,33)/t14-/m1/s1. The Morgan fingerprint density at radius 1 is 0.972 bits per heavy atom. The highest BCUT2D eigenvalue weighted by Crippen LogP contribution is 2.35. The van der Waals surface area contributed by atoms with Crippen LogP contribution in [0, 0.1) is 0 Å². The van der Waals surface area contributed by atoms with Gasteiger partial charge in [-0.05, 0) is 43.2 Å². The molecule has 198 valence electrons. The number of carbonyl (C=O) groups is 2. The lowest BCUT2D eigenvalue weighted by molar-refractivity contribution is -0.139. The highest BCUT2D eigenvalue weighted by Gasteiger charge is 2.31. The van der Waals surface area contributed by atoms with Gasteiger partial charge in [-0.15, -0.1) is 0 Å². The van der Waals surface area contributed by atoms with Gasteiger partial charge in [0.05, 0.1) is 27.0 Å². The van der Waals surface area contributed by atoms with Crippen LogP contribution in [0.25, 0.3) is 0 Å². The molecule has 2 aromatic carbocycles. The topological polar surface area (TPSA) is 86.8 Å². The van der Waals surface area contributed by atoms with Crippen LogP contribution in [-0.4, -0.2) is 50.5 Å². The summed E-state index contributed by atoms with van der Waals surface area (Å²) in [5.41, 5.74) is 0.507. The number of amides is 2. The fourth-order valence-electron chi connectivity index (χ4n) is 3.25. The van der Waals surface area contributed by atoms with E-state index < -0.39 is 28.5 Å². The molecular weight excluding hydrogens is 592 g/mol. The Hall–Kier alpha value is -1.42. The average molecular weight is 618 g/mol. The maximum Gasteiger partial charge on any atom is 0.244 e. The van der Waals surface area contributed by atoms with E-state index >= 15 is 0 Å². The van der Waals surface area contributed by atoms with Crippen molar-refractivity contribution < 1.29 is 18.0 Å². The van der Waals surface area contributed by atoms with E-state index in [0.717, 1.165) is 23.4 Å². The first kappa shape index (κ1) is 30.8. The minimum Gasteiger partial charge on any atom is -0.354 e. The van der Waals surface area contributed by atoms with E-state index in [9.17, 15) is 18.0 Å². The molecule has 13 heteroatoms. The molecule has 0 aliphatic heterocycles. The normalized spacial score (nSPS) is 12.2. The van der Waals surface area contributed by atoms with E-state index in [1.54, 1.807) is 19.1 Å². The van der Waals surface area contributed by atoms with Gasteiger partial charge in [-0.3, -0.25) is 13.9 Å². The Labute approximate surface area is 236 Å². The van der Waals surface area contributed by atoms with E-state index in [4.69, 9.17) is 58.0 Å². The predicted molar refractivity (Wildman–Crippen MR) is 148 cm³/mol. The van der Waals surface area contributed by atoms with Gasteiger partial charge >= 0.3 is 0 Å². The summed E-state index contributed by atoms with van der Waals surface area (Å²) in [7, 11) is -3.99. The third-order valence-electron chi connectivity index (χ3n) is 5.29. The third kappa shape index (κ3) is 8.30. The second-order valence-electron chi connectivity index (χ2n) is 8.07. The summed E-state index contributed by atoms with van der Waals surface area (Å²) >= 11 is 30.6. The first-order chi connectivity index (χ1) is 16.8. The number of hydrogen-bond acceptors (Lipinski definition) is 4. The molecule has 2 aromatic rings. The lowest BCUT2D eigenvalue weighted by Crippen LogP contribution is -2.51. The quantitative estimate of drug-likeness (QED) is 0.246. The SMILES string of the molecule is CCCCNC(=O)[C@@H](C)N(Cc1ccc(Cl)cc1Cl)C(=O)CN(c1cc(Cl)c(Cl)cc1Cl)S(C)(=O)=O. The molecule has 0 aliphatic carbocycles. The number of benzene rings is 2. The van der Waals surface area contributed by atoms with E-state index in [0.29, 0.717) is 22.2 Å². The molecule has 0 aliphatic rings. The lowest BCUT2D eigenvalue weighted by atomic mass is 10.1. The van der Waals surface area contributed by atoms with Crippen LogP contribution in [0.5, 0.6) is 0 Å². The van der Waals surface area contributed by atoms with Gasteiger partial charge in [-0.1, -0.05) is 77.4 Å². The van der Waals surface area contributed by atoms with Gasteiger partial charge in [0, 0.05) is 23.1 Å². The summed E-state index contributed by atoms with van der Waals surface area (Å²) < 4.78 is 26.2. The summed E-state index contributed by atoms with van der Waals surface area (Å²) in [5.74, 6) is -1.05. The number of rotatable bonds is 11. The van der Waals surface area contributed by atoms with Gasteiger partial charge in [0.1, 0.15) is 12.6 Å². The molecule has 0 heterocycles. The Kier molecular flexibility index (Phi) is 11.5. The van der Waals surface area contributed by atoms with Crippen LogP contribution in [0.3, 0.4) is 0 Å². The van der Waals surface area contributed by atoms with E-state index in [2.05, 4.69) is 5.32 Å². The van der Waals surface area contributed by atoms with Gasteiger partial charge < -0.3 is 10.2 Å². The molecule has 7 nitrogen and oxygen atoms in total. The zero-order valence-electron chi connectivity index (χ0n) is 19.8. The third-order valence-corrected chi connectivity index (χ3v) is 8.03. The van der Waals surface area contributed by atoms with Gasteiger partial charge in [-0.25, -0.2) is 8.42 Å². The minimum absolute atomic E-state index is 0.0136. The van der Waals surface area contributed by atoms with E-state index in [-0.39, 0.29) is 33.2 Å². The van der Waals surface area contributed by atoms with Crippen LogP contribution >= 0.6 is 58.0 Å². The monoisotopic (exact) mass is 615 g/mol. The number of halogens is 5. The average Bonchev–Trinajstić information content (AvgIpc) is 2.78. The number of sulfonamides is 1. The Bertz CT molecular complexity index is 1230. The molecule has 2 amide bonds. The van der Waals surface area contributed by atoms with Crippen LogP contribution in [0.1, 0.15) is 32.3 Å². The van der Waals surface area contributed by atoms with Crippen LogP contribution < -0.4 is 9.62 Å². The minimum atomic E-state index is -3.99. The fourth-order valence-corrected chi connectivity index (χ4v) is 5.26. The zero-order chi connectivity index (χ0) is 27.2. The van der Waals surface area contributed by atoms with Crippen LogP contribution in [0.2, 0.25) is 25.1 Å². The van der Waals surface area contributed by atoms with Gasteiger partial charge in [0.25, 0.3) is 0 Å². The molecule has 0 fully saturated rings. The lowest BCUT2D eigenvalue weighted by Gasteiger charge is -2.32. The maximum absolute atomic E-state index is 13.6. The van der Waals surface area contributed by atoms with Crippen molar-refractivity contribution in [3.8, 4) is 0 Å². The van der Waals surface area contributed by atoms with Crippen LogP contribution in [-0.2, 0) is 26.2 Å². The Balaban J connectivity index is 2.45. The molecule has 0 spiro atoms. The highest BCUT2D eigenvalue weighted by molar-refractivity contribution is 7.92. The Morgan fingerprint density at radius 3 is 2.19 bits per heavy atom. The number of carbonyl (C=O) groups excluding carboxylic acids is 2. The van der Waals surface area contributed by atoms with Crippen molar-refractivity contribution in [2.75, 3.05) is 23.7 Å². The largest absolute Gasteiger partial charge is 0.354 e. The Morgan fingerprint density at radius 2 is 1.61 bits per heavy atom. The molecule has 0 unspecified atom stereocenters. The zero-order valence-corrected chi connectivity index (χ0v) is 24.4. The summed E-state index contributed by atoms with van der Waals surface area (Å²) in [5, 5.41) is 3.67. The smallest absolute Gasteiger partial charge is 0.244 e. The molecule has 2 rings (SSSR count). The van der Waals surface area contributed by atoms with Crippen molar-refractivity contribution in [2.24, 2.45) is 0 Å². The second-order valence-corrected chi connectivity index (χ2v) is 12.0. The predicted octanol–water partition coefficient (Wildman–Crippen LogP) is 6.05. The number of nitrogens with one attached hydrogen (secondary N) is 1. The molecule has 0 saturated carbocycles. The number of unbranched alkanes of at least 4 members (excludes halogenated alkanes) is 1. The van der Waals surface area contributed by atoms with E-state index in [1.807, 2.05) is 6.92 Å². The first-order valence-electron chi connectivity index (χ1n) is 10.9. The molecule has 0 saturated heterocycles. The van der Waals surface area contributed by atoms with Crippen LogP contribution in [0.15, 0.2) is 30.3 Å². The molecule has 0 radical (unpaired) electrons. The van der Waals surface area contributed by atoms with Gasteiger partial charge in [-0.2, -0.15) is 0 Å².